The van der Waals surface area contributed by atoms with Crippen molar-refractivity contribution in [1.29, 1.82) is 0 Å². The zero-order valence-corrected chi connectivity index (χ0v) is 7.30. The first-order valence-corrected chi connectivity index (χ1v) is 4.50. The van der Waals surface area contributed by atoms with Gasteiger partial charge in [0.25, 0.3) is 0 Å². The molecule has 0 saturated carbocycles. The third kappa shape index (κ3) is 5.76. The second kappa shape index (κ2) is 6.07. The molecule has 0 aromatic heterocycles. The van der Waals surface area contributed by atoms with E-state index >= 15 is 0 Å². The van der Waals surface area contributed by atoms with Crippen LogP contribution >= 0.6 is 0 Å². The third-order valence-corrected chi connectivity index (χ3v) is 1.58. The Morgan fingerprint density at radius 1 is 1.73 bits per heavy atom. The van der Waals surface area contributed by atoms with Crippen LogP contribution in [0.4, 0.5) is 0 Å². The fourth-order valence-electron chi connectivity index (χ4n) is 0.660. The molecular weight excluding hydrogens is 160 g/mol. The van der Waals surface area contributed by atoms with Crippen LogP contribution in [-0.2, 0) is 11.1 Å². The van der Waals surface area contributed by atoms with E-state index < -0.39 is 11.1 Å². The van der Waals surface area contributed by atoms with Gasteiger partial charge >= 0.3 is 0 Å². The summed E-state index contributed by atoms with van der Waals surface area (Å²) in [5.74, 6) is 0.163. The van der Waals surface area contributed by atoms with Crippen molar-refractivity contribution in [2.24, 2.45) is 0 Å². The van der Waals surface area contributed by atoms with Crippen molar-refractivity contribution in [3.63, 3.8) is 0 Å². The maximum atomic E-state index is 10.4. The topological polar surface area (TPSA) is 37.3 Å². The summed E-state index contributed by atoms with van der Waals surface area (Å²) in [6, 6.07) is 0. The molecule has 0 aliphatic carbocycles. The van der Waals surface area contributed by atoms with Crippen molar-refractivity contribution in [2.75, 3.05) is 5.75 Å². The van der Waals surface area contributed by atoms with Gasteiger partial charge in [-0.1, -0.05) is 30.9 Å². The summed E-state index contributed by atoms with van der Waals surface area (Å²) in [5, 5.41) is 0. The minimum atomic E-state index is -1.77. The number of allylic oxidation sites excluding steroid dienone is 4. The fraction of sp³-hybridized carbons (Fsp3) is 0.250. The second-order valence-corrected chi connectivity index (χ2v) is 2.87. The Labute approximate surface area is 69.6 Å². The van der Waals surface area contributed by atoms with Crippen LogP contribution in [0.15, 0.2) is 36.5 Å². The van der Waals surface area contributed by atoms with Gasteiger partial charge in [-0.3, -0.25) is 0 Å². The summed E-state index contributed by atoms with van der Waals surface area (Å²) in [6.07, 6.45) is 6.92. The average molecular weight is 172 g/mol. The highest BCUT2D eigenvalue weighted by Crippen LogP contribution is 1.98. The van der Waals surface area contributed by atoms with Gasteiger partial charge in [-0.15, -0.1) is 0 Å². The van der Waals surface area contributed by atoms with Crippen molar-refractivity contribution < 1.29 is 8.76 Å². The molecule has 0 radical (unpaired) electrons. The van der Waals surface area contributed by atoms with Crippen LogP contribution in [-0.4, -0.2) is 14.5 Å². The molecule has 0 bridgehead atoms. The van der Waals surface area contributed by atoms with Crippen LogP contribution in [0.3, 0.4) is 0 Å². The van der Waals surface area contributed by atoms with Crippen molar-refractivity contribution in [3.05, 3.63) is 36.5 Å². The first kappa shape index (κ1) is 10.3. The van der Waals surface area contributed by atoms with Crippen LogP contribution in [0, 0.1) is 0 Å². The molecule has 3 heteroatoms. The molecule has 1 N–H and O–H groups in total. The molecule has 0 rings (SSSR count). The molecule has 1 unspecified atom stereocenters. The number of rotatable bonds is 4. The molecule has 62 valence electrons. The lowest BCUT2D eigenvalue weighted by atomic mass is 10.2. The zero-order valence-electron chi connectivity index (χ0n) is 6.49. The second-order valence-electron chi connectivity index (χ2n) is 1.94. The highest BCUT2D eigenvalue weighted by atomic mass is 32.2. The van der Waals surface area contributed by atoms with Gasteiger partial charge in [0.15, 0.2) is 11.1 Å². The van der Waals surface area contributed by atoms with E-state index in [9.17, 15) is 4.21 Å². The van der Waals surface area contributed by atoms with Crippen LogP contribution < -0.4 is 0 Å². The van der Waals surface area contributed by atoms with Crippen LogP contribution in [0.5, 0.6) is 0 Å². The van der Waals surface area contributed by atoms with E-state index in [2.05, 4.69) is 6.58 Å². The lowest BCUT2D eigenvalue weighted by Crippen LogP contribution is -1.96. The van der Waals surface area contributed by atoms with Gasteiger partial charge < -0.3 is 4.55 Å². The first-order chi connectivity index (χ1) is 5.20. The van der Waals surface area contributed by atoms with Crippen LogP contribution in [0.25, 0.3) is 0 Å². The van der Waals surface area contributed by atoms with Crippen molar-refractivity contribution in [2.45, 2.75) is 6.92 Å². The van der Waals surface area contributed by atoms with Gasteiger partial charge in [0.1, 0.15) is 0 Å². The van der Waals surface area contributed by atoms with E-state index in [0.717, 1.165) is 5.57 Å². The van der Waals surface area contributed by atoms with Crippen molar-refractivity contribution in [1.82, 2.24) is 0 Å². The minimum Gasteiger partial charge on any atom is -0.306 e. The van der Waals surface area contributed by atoms with Gasteiger partial charge in [0, 0.05) is 0 Å². The first-order valence-electron chi connectivity index (χ1n) is 3.22. The molecule has 0 aliphatic heterocycles. The molecule has 2 nitrogen and oxygen atoms in total. The average Bonchev–Trinajstić information content (AvgIpc) is 1.87. The SMILES string of the molecule is C=C/C=C(\C=C/C)CS(=O)O. The van der Waals surface area contributed by atoms with Crippen molar-refractivity contribution in [3.8, 4) is 0 Å². The molecule has 0 aliphatic rings. The molecule has 1 atom stereocenters. The van der Waals surface area contributed by atoms with E-state index in [4.69, 9.17) is 4.55 Å². The fourth-order valence-corrected chi connectivity index (χ4v) is 1.14. The monoisotopic (exact) mass is 172 g/mol. The normalized spacial score (nSPS) is 15.3. The molecule has 0 aromatic rings. The van der Waals surface area contributed by atoms with E-state index in [1.807, 2.05) is 13.0 Å². The Hall–Kier alpha value is -0.670. The lowest BCUT2D eigenvalue weighted by Gasteiger charge is -1.94. The van der Waals surface area contributed by atoms with E-state index in [1.54, 1.807) is 18.2 Å². The molecule has 11 heavy (non-hydrogen) atoms. The highest BCUT2D eigenvalue weighted by molar-refractivity contribution is 7.79. The molecule has 0 heterocycles. The Morgan fingerprint density at radius 2 is 2.36 bits per heavy atom. The summed E-state index contributed by atoms with van der Waals surface area (Å²) in [6.45, 7) is 5.36. The van der Waals surface area contributed by atoms with Gasteiger partial charge in [-0.05, 0) is 12.5 Å². The predicted molar refractivity (Wildman–Crippen MR) is 48.7 cm³/mol. The van der Waals surface area contributed by atoms with Gasteiger partial charge in [-0.2, -0.15) is 0 Å². The zero-order chi connectivity index (χ0) is 8.69. The largest absolute Gasteiger partial charge is 0.306 e. The molecule has 0 aromatic carbocycles. The van der Waals surface area contributed by atoms with Crippen LogP contribution in [0.2, 0.25) is 0 Å². The Bertz CT molecular complexity index is 204. The minimum absolute atomic E-state index is 0.163. The smallest absolute Gasteiger partial charge is 0.157 e. The molecule has 0 amide bonds. The molecule has 0 saturated heterocycles. The lowest BCUT2D eigenvalue weighted by molar-refractivity contribution is 0.567. The summed E-state index contributed by atoms with van der Waals surface area (Å²) in [7, 11) is 0. The Morgan fingerprint density at radius 3 is 2.73 bits per heavy atom. The maximum absolute atomic E-state index is 10.4. The van der Waals surface area contributed by atoms with Crippen molar-refractivity contribution >= 4 is 11.1 Å². The standard InChI is InChI=1S/C8H12O2S/c1-3-5-8(6-4-2)7-11(9)10/h3-6H,1,7H2,2H3,(H,9,10)/b6-4-,8-5+. The van der Waals surface area contributed by atoms with Gasteiger partial charge in [0.2, 0.25) is 0 Å². The molecular formula is C8H12O2S. The summed E-state index contributed by atoms with van der Waals surface area (Å²) < 4.78 is 18.9. The Balaban J connectivity index is 4.22. The number of hydrogen-bond donors (Lipinski definition) is 1. The Kier molecular flexibility index (Phi) is 5.70. The summed E-state index contributed by atoms with van der Waals surface area (Å²) >= 11 is -1.77. The van der Waals surface area contributed by atoms with E-state index in [-0.39, 0.29) is 5.75 Å². The quantitative estimate of drug-likeness (QED) is 0.519. The highest BCUT2D eigenvalue weighted by Gasteiger charge is 1.95. The van der Waals surface area contributed by atoms with Crippen LogP contribution in [0.1, 0.15) is 6.92 Å². The van der Waals surface area contributed by atoms with E-state index in [0.29, 0.717) is 0 Å². The molecule has 0 fully saturated rings. The summed E-state index contributed by atoms with van der Waals surface area (Å²) in [4.78, 5) is 0. The predicted octanol–water partition coefficient (Wildman–Crippen LogP) is 1.90. The van der Waals surface area contributed by atoms with Gasteiger partial charge in [-0.25, -0.2) is 4.21 Å². The number of hydrogen-bond acceptors (Lipinski definition) is 1. The summed E-state index contributed by atoms with van der Waals surface area (Å²) in [5.41, 5.74) is 0.809. The molecule has 0 spiro atoms. The third-order valence-electron chi connectivity index (χ3n) is 1.00. The maximum Gasteiger partial charge on any atom is 0.157 e. The van der Waals surface area contributed by atoms with E-state index in [1.165, 1.54) is 0 Å². The van der Waals surface area contributed by atoms with Gasteiger partial charge in [0.05, 0.1) is 5.75 Å².